The molecule has 1 amide bonds. The van der Waals surface area contributed by atoms with Gasteiger partial charge in [0.1, 0.15) is 0 Å². The number of anilines is 2. The second kappa shape index (κ2) is 9.62. The summed E-state index contributed by atoms with van der Waals surface area (Å²) in [6.07, 6.45) is 3.84. The first-order chi connectivity index (χ1) is 15.0. The molecule has 0 saturated carbocycles. The van der Waals surface area contributed by atoms with Gasteiger partial charge in [0.15, 0.2) is 10.9 Å². The van der Waals surface area contributed by atoms with Crippen molar-refractivity contribution in [3.8, 4) is 0 Å². The number of nitrogens with zero attached hydrogens (tertiary/aromatic N) is 1. The molecule has 32 heavy (non-hydrogen) atoms. The Morgan fingerprint density at radius 2 is 1.97 bits per heavy atom. The topological polar surface area (TPSA) is 88.2 Å². The maximum absolute atomic E-state index is 13.4. The zero-order valence-electron chi connectivity index (χ0n) is 17.4. The van der Waals surface area contributed by atoms with Gasteiger partial charge in [-0.3, -0.25) is 9.52 Å². The number of hydrogen-bond donors (Lipinski definition) is 2. The SMILES string of the molecule is CCC(CC1C=CCC1)(C(=O)Nc1nccs1)c1ccc(NS(=O)(=O)CC(F)(F)F)cc1. The van der Waals surface area contributed by atoms with Gasteiger partial charge in [0.25, 0.3) is 0 Å². The number of amides is 1. The number of allylic oxidation sites excluding steroid dienone is 2. The molecule has 0 saturated heterocycles. The molecule has 0 bridgehead atoms. The molecule has 2 unspecified atom stereocenters. The van der Waals surface area contributed by atoms with E-state index >= 15 is 0 Å². The number of thiazole rings is 1. The normalized spacial score (nSPS) is 18.3. The van der Waals surface area contributed by atoms with Gasteiger partial charge in [-0.15, -0.1) is 11.3 Å². The third-order valence-electron chi connectivity index (χ3n) is 5.48. The summed E-state index contributed by atoms with van der Waals surface area (Å²) in [5.41, 5.74) is -0.244. The smallest absolute Gasteiger partial charge is 0.301 e. The number of benzene rings is 1. The van der Waals surface area contributed by atoms with E-state index in [0.717, 1.165) is 12.8 Å². The summed E-state index contributed by atoms with van der Waals surface area (Å²) in [6.45, 7) is 1.90. The number of halogens is 3. The number of rotatable bonds is 9. The van der Waals surface area contributed by atoms with Gasteiger partial charge in [0.05, 0.1) is 5.41 Å². The maximum atomic E-state index is 13.4. The fourth-order valence-electron chi connectivity index (χ4n) is 3.95. The van der Waals surface area contributed by atoms with E-state index in [1.165, 1.54) is 23.5 Å². The first-order valence-electron chi connectivity index (χ1n) is 10.1. The van der Waals surface area contributed by atoms with Gasteiger partial charge in [-0.25, -0.2) is 13.4 Å². The maximum Gasteiger partial charge on any atom is 0.404 e. The first kappa shape index (κ1) is 24.2. The van der Waals surface area contributed by atoms with Crippen molar-refractivity contribution in [1.82, 2.24) is 4.98 Å². The van der Waals surface area contributed by atoms with E-state index in [9.17, 15) is 26.4 Å². The van der Waals surface area contributed by atoms with Crippen LogP contribution in [0.4, 0.5) is 24.0 Å². The van der Waals surface area contributed by atoms with Crippen LogP contribution in [0.1, 0.15) is 38.2 Å². The van der Waals surface area contributed by atoms with Crippen LogP contribution in [-0.4, -0.2) is 31.2 Å². The van der Waals surface area contributed by atoms with E-state index in [4.69, 9.17) is 0 Å². The van der Waals surface area contributed by atoms with Crippen LogP contribution >= 0.6 is 11.3 Å². The molecule has 2 atom stereocenters. The van der Waals surface area contributed by atoms with Gasteiger partial charge in [-0.05, 0) is 49.3 Å². The van der Waals surface area contributed by atoms with Crippen LogP contribution in [0.2, 0.25) is 0 Å². The monoisotopic (exact) mass is 487 g/mol. The lowest BCUT2D eigenvalue weighted by atomic mass is 9.71. The van der Waals surface area contributed by atoms with Crippen molar-refractivity contribution in [3.63, 3.8) is 0 Å². The molecule has 2 N–H and O–H groups in total. The predicted octanol–water partition coefficient (Wildman–Crippen LogP) is 5.09. The summed E-state index contributed by atoms with van der Waals surface area (Å²) in [6, 6.07) is 5.95. The van der Waals surface area contributed by atoms with Crippen LogP contribution in [0.25, 0.3) is 0 Å². The molecule has 1 heterocycles. The molecular formula is C21H24F3N3O3S2. The third-order valence-corrected chi connectivity index (χ3v) is 7.42. The molecule has 174 valence electrons. The average Bonchev–Trinajstić information content (AvgIpc) is 3.38. The van der Waals surface area contributed by atoms with Crippen molar-refractivity contribution in [2.45, 2.75) is 44.2 Å². The highest BCUT2D eigenvalue weighted by Gasteiger charge is 2.41. The predicted molar refractivity (Wildman–Crippen MR) is 119 cm³/mol. The number of sulfonamides is 1. The Hall–Kier alpha value is -2.40. The molecule has 1 aromatic heterocycles. The van der Waals surface area contributed by atoms with Crippen LogP contribution in [0.3, 0.4) is 0 Å². The lowest BCUT2D eigenvalue weighted by Gasteiger charge is -2.34. The third kappa shape index (κ3) is 6.10. The molecule has 3 rings (SSSR count). The molecule has 0 spiro atoms. The summed E-state index contributed by atoms with van der Waals surface area (Å²) in [7, 11) is -4.59. The molecule has 11 heteroatoms. The summed E-state index contributed by atoms with van der Waals surface area (Å²) in [4.78, 5) is 17.5. The van der Waals surface area contributed by atoms with Crippen LogP contribution in [0.5, 0.6) is 0 Å². The van der Waals surface area contributed by atoms with E-state index in [1.54, 1.807) is 23.7 Å². The van der Waals surface area contributed by atoms with E-state index in [1.807, 2.05) is 11.6 Å². The van der Waals surface area contributed by atoms with Crippen molar-refractivity contribution in [2.75, 3.05) is 15.8 Å². The molecule has 1 aliphatic carbocycles. The van der Waals surface area contributed by atoms with Gasteiger partial charge in [0.2, 0.25) is 15.9 Å². The van der Waals surface area contributed by atoms with Crippen LogP contribution in [-0.2, 0) is 20.2 Å². The van der Waals surface area contributed by atoms with Crippen molar-refractivity contribution in [3.05, 3.63) is 53.6 Å². The van der Waals surface area contributed by atoms with Crippen LogP contribution in [0, 0.1) is 5.92 Å². The summed E-state index contributed by atoms with van der Waals surface area (Å²) >= 11 is 1.30. The number of hydrogen-bond acceptors (Lipinski definition) is 5. The Morgan fingerprint density at radius 1 is 1.25 bits per heavy atom. The number of aromatic nitrogens is 1. The summed E-state index contributed by atoms with van der Waals surface area (Å²) in [5, 5.41) is 5.11. The molecule has 0 aliphatic heterocycles. The van der Waals surface area contributed by atoms with E-state index in [-0.39, 0.29) is 17.5 Å². The number of carbonyl (C=O) groups excluding carboxylic acids is 1. The molecule has 0 radical (unpaired) electrons. The Morgan fingerprint density at radius 3 is 2.50 bits per heavy atom. The largest absolute Gasteiger partial charge is 0.404 e. The summed E-state index contributed by atoms with van der Waals surface area (Å²) in [5.74, 6) is -1.98. The molecule has 2 aromatic rings. The van der Waals surface area contributed by atoms with Crippen molar-refractivity contribution in [1.29, 1.82) is 0 Å². The van der Waals surface area contributed by atoms with Crippen LogP contribution in [0.15, 0.2) is 48.0 Å². The minimum atomic E-state index is -4.84. The molecular weight excluding hydrogens is 463 g/mol. The minimum Gasteiger partial charge on any atom is -0.301 e. The highest BCUT2D eigenvalue weighted by Crippen LogP contribution is 2.40. The Bertz CT molecular complexity index is 1050. The Labute approximate surface area is 189 Å². The minimum absolute atomic E-state index is 0.00379. The van der Waals surface area contributed by atoms with Gasteiger partial charge >= 0.3 is 6.18 Å². The fraction of sp³-hybridized carbons (Fsp3) is 0.429. The highest BCUT2D eigenvalue weighted by atomic mass is 32.2. The zero-order chi connectivity index (χ0) is 23.4. The molecule has 6 nitrogen and oxygen atoms in total. The Kier molecular flexibility index (Phi) is 7.29. The standard InChI is InChI=1S/C21H24F3N3O3S2/c1-2-20(13-15-5-3-4-6-15,18(28)26-19-25-11-12-31-19)16-7-9-17(10-8-16)27-32(29,30)14-21(22,23)24/h3,5,7-12,15,27H,2,4,6,13-14H2,1H3,(H,25,26,28). The second-order valence-corrected chi connectivity index (χ2v) is 10.4. The lowest BCUT2D eigenvalue weighted by molar-refractivity contribution is -0.122. The van der Waals surface area contributed by atoms with E-state index < -0.39 is 27.4 Å². The van der Waals surface area contributed by atoms with Gasteiger partial charge in [0, 0.05) is 17.3 Å². The summed E-state index contributed by atoms with van der Waals surface area (Å²) < 4.78 is 62.9. The van der Waals surface area contributed by atoms with E-state index in [2.05, 4.69) is 22.5 Å². The van der Waals surface area contributed by atoms with E-state index in [0.29, 0.717) is 23.5 Å². The molecule has 1 aliphatic rings. The quantitative estimate of drug-likeness (QED) is 0.482. The van der Waals surface area contributed by atoms with Gasteiger partial charge in [-0.1, -0.05) is 31.2 Å². The number of carbonyl (C=O) groups is 1. The molecule has 0 fully saturated rings. The van der Waals surface area contributed by atoms with Gasteiger partial charge < -0.3 is 5.32 Å². The first-order valence-corrected chi connectivity index (χ1v) is 12.6. The second-order valence-electron chi connectivity index (χ2n) is 7.75. The van der Waals surface area contributed by atoms with Crippen molar-refractivity contribution in [2.24, 2.45) is 5.92 Å². The average molecular weight is 488 g/mol. The number of nitrogens with one attached hydrogen (secondary N) is 2. The zero-order valence-corrected chi connectivity index (χ0v) is 19.0. The van der Waals surface area contributed by atoms with Crippen molar-refractivity contribution < 1.29 is 26.4 Å². The van der Waals surface area contributed by atoms with Crippen molar-refractivity contribution >= 4 is 38.1 Å². The van der Waals surface area contributed by atoms with Crippen LogP contribution < -0.4 is 10.0 Å². The Balaban J connectivity index is 1.88. The highest BCUT2D eigenvalue weighted by molar-refractivity contribution is 7.92. The lowest BCUT2D eigenvalue weighted by Crippen LogP contribution is -2.41. The number of alkyl halides is 3. The molecule has 1 aromatic carbocycles. The van der Waals surface area contributed by atoms with Gasteiger partial charge in [-0.2, -0.15) is 13.2 Å². The fourth-order valence-corrected chi connectivity index (χ4v) is 5.48.